The highest BCUT2D eigenvalue weighted by atomic mass is 16.3. The lowest BCUT2D eigenvalue weighted by molar-refractivity contribution is -0.122. The Morgan fingerprint density at radius 3 is 2.60 bits per heavy atom. The third-order valence-electron chi connectivity index (χ3n) is 4.87. The number of aliphatic hydroxyl groups is 1. The summed E-state index contributed by atoms with van der Waals surface area (Å²) in [7, 11) is 0. The van der Waals surface area contributed by atoms with Crippen LogP contribution in [0.25, 0.3) is 0 Å². The maximum absolute atomic E-state index is 12.3. The molecule has 1 saturated carbocycles. The van der Waals surface area contributed by atoms with E-state index in [2.05, 4.69) is 31.1 Å². The number of hydrogen-bond acceptors (Lipinski definition) is 3. The molecule has 0 radical (unpaired) electrons. The second-order valence-corrected chi connectivity index (χ2v) is 7.87. The Bertz CT molecular complexity index is 720. The second-order valence-electron chi connectivity index (χ2n) is 7.87. The van der Waals surface area contributed by atoms with E-state index < -0.39 is 6.10 Å². The van der Waals surface area contributed by atoms with Gasteiger partial charge < -0.3 is 10.4 Å². The lowest BCUT2D eigenvalue weighted by atomic mass is 9.86. The van der Waals surface area contributed by atoms with E-state index in [1.807, 2.05) is 42.6 Å². The van der Waals surface area contributed by atoms with Gasteiger partial charge in [0.2, 0.25) is 5.91 Å². The van der Waals surface area contributed by atoms with E-state index in [1.54, 1.807) is 6.20 Å². The minimum Gasteiger partial charge on any atom is -0.387 e. The van der Waals surface area contributed by atoms with E-state index in [4.69, 9.17) is 0 Å². The molecule has 0 spiro atoms. The molecule has 1 aliphatic carbocycles. The molecule has 132 valence electrons. The van der Waals surface area contributed by atoms with Crippen molar-refractivity contribution < 1.29 is 9.90 Å². The Morgan fingerprint density at radius 2 is 2.00 bits per heavy atom. The van der Waals surface area contributed by atoms with Crippen LogP contribution in [0.3, 0.4) is 0 Å². The number of amides is 1. The first-order chi connectivity index (χ1) is 11.9. The average Bonchev–Trinajstić information content (AvgIpc) is 3.40. The second kappa shape index (κ2) is 6.96. The molecule has 0 saturated heterocycles. The van der Waals surface area contributed by atoms with Crippen LogP contribution in [-0.4, -0.2) is 22.5 Å². The molecule has 0 bridgehead atoms. The number of aliphatic hydroxyl groups excluding tert-OH is 1. The van der Waals surface area contributed by atoms with Crippen LogP contribution in [0.15, 0.2) is 48.8 Å². The van der Waals surface area contributed by atoms with E-state index in [-0.39, 0.29) is 29.7 Å². The summed E-state index contributed by atoms with van der Waals surface area (Å²) in [6.45, 7) is 6.72. The van der Waals surface area contributed by atoms with E-state index in [0.717, 1.165) is 17.5 Å². The van der Waals surface area contributed by atoms with Gasteiger partial charge in [-0.3, -0.25) is 9.78 Å². The fraction of sp³-hybridized carbons (Fsp3) is 0.429. The zero-order valence-corrected chi connectivity index (χ0v) is 15.1. The van der Waals surface area contributed by atoms with Crippen LogP contribution in [0.4, 0.5) is 0 Å². The zero-order valence-electron chi connectivity index (χ0n) is 15.1. The summed E-state index contributed by atoms with van der Waals surface area (Å²) in [5.41, 5.74) is 3.25. The first-order valence-corrected chi connectivity index (χ1v) is 8.82. The first kappa shape index (κ1) is 17.6. The lowest BCUT2D eigenvalue weighted by Crippen LogP contribution is -2.30. The number of aromatic nitrogens is 1. The van der Waals surface area contributed by atoms with Gasteiger partial charge in [-0.25, -0.2) is 0 Å². The molecular weight excluding hydrogens is 312 g/mol. The fourth-order valence-corrected chi connectivity index (χ4v) is 3.10. The molecule has 0 aliphatic heterocycles. The van der Waals surface area contributed by atoms with Crippen molar-refractivity contribution in [2.75, 3.05) is 6.54 Å². The molecule has 4 nitrogen and oxygen atoms in total. The highest BCUT2D eigenvalue weighted by Gasteiger charge is 2.43. The van der Waals surface area contributed by atoms with Crippen LogP contribution in [-0.2, 0) is 10.2 Å². The molecule has 3 rings (SSSR count). The summed E-state index contributed by atoms with van der Waals surface area (Å²) in [4.78, 5) is 16.4. The summed E-state index contributed by atoms with van der Waals surface area (Å²) >= 11 is 0. The average molecular weight is 338 g/mol. The van der Waals surface area contributed by atoms with Crippen molar-refractivity contribution in [2.45, 2.75) is 44.6 Å². The fourth-order valence-electron chi connectivity index (χ4n) is 3.10. The maximum Gasteiger partial charge on any atom is 0.223 e. The van der Waals surface area contributed by atoms with Crippen LogP contribution < -0.4 is 5.32 Å². The van der Waals surface area contributed by atoms with Gasteiger partial charge >= 0.3 is 0 Å². The zero-order chi connectivity index (χ0) is 18.0. The van der Waals surface area contributed by atoms with E-state index in [0.29, 0.717) is 0 Å². The van der Waals surface area contributed by atoms with Crippen molar-refractivity contribution in [2.24, 2.45) is 5.92 Å². The van der Waals surface area contributed by atoms with Crippen LogP contribution in [0.2, 0.25) is 0 Å². The van der Waals surface area contributed by atoms with Gasteiger partial charge in [0.05, 0.1) is 6.10 Å². The normalized spacial score (nSPS) is 20.8. The van der Waals surface area contributed by atoms with E-state index in [1.165, 1.54) is 5.56 Å². The molecule has 4 heteroatoms. The topological polar surface area (TPSA) is 62.2 Å². The number of pyridine rings is 1. The minimum absolute atomic E-state index is 0.000309. The maximum atomic E-state index is 12.3. The largest absolute Gasteiger partial charge is 0.387 e. The number of nitrogens with zero attached hydrogens (tertiary/aromatic N) is 1. The number of benzene rings is 1. The summed E-state index contributed by atoms with van der Waals surface area (Å²) in [5.74, 6) is 0.274. The molecular formula is C21H26N2O2. The van der Waals surface area contributed by atoms with Crippen molar-refractivity contribution in [3.05, 3.63) is 65.5 Å². The number of rotatable bonds is 5. The number of hydrogen-bond donors (Lipinski definition) is 2. The molecule has 1 fully saturated rings. The molecule has 1 aliphatic rings. The summed E-state index contributed by atoms with van der Waals surface area (Å²) in [6, 6.07) is 11.9. The van der Waals surface area contributed by atoms with Gasteiger partial charge in [-0.1, -0.05) is 51.1 Å². The third kappa shape index (κ3) is 4.26. The van der Waals surface area contributed by atoms with Gasteiger partial charge in [-0.15, -0.1) is 0 Å². The van der Waals surface area contributed by atoms with Crippen LogP contribution in [0.1, 0.15) is 55.9 Å². The SMILES string of the molecule is CC(C)(C)c1ccc([C@H](O)CNC(=O)[C@H]2C[C@H]2c2cccnc2)cc1. The van der Waals surface area contributed by atoms with Crippen LogP contribution >= 0.6 is 0 Å². The number of nitrogens with one attached hydrogen (secondary N) is 1. The standard InChI is InChI=1S/C21H26N2O2/c1-21(2,3)16-8-6-14(7-9-16)19(24)13-23-20(25)18-11-17(18)15-5-4-10-22-12-15/h4-10,12,17-19,24H,11,13H2,1-3H3,(H,23,25)/t17-,18-,19+/m0/s1. The molecule has 2 aromatic rings. The monoisotopic (exact) mass is 338 g/mol. The van der Waals surface area contributed by atoms with Gasteiger partial charge in [0.25, 0.3) is 0 Å². The third-order valence-corrected chi connectivity index (χ3v) is 4.87. The van der Waals surface area contributed by atoms with Crippen molar-refractivity contribution in [3.8, 4) is 0 Å². The van der Waals surface area contributed by atoms with Crippen molar-refractivity contribution >= 4 is 5.91 Å². The van der Waals surface area contributed by atoms with E-state index in [9.17, 15) is 9.90 Å². The van der Waals surface area contributed by atoms with Gasteiger partial charge in [0, 0.05) is 24.9 Å². The molecule has 2 N–H and O–H groups in total. The first-order valence-electron chi connectivity index (χ1n) is 8.82. The molecule has 1 heterocycles. The molecule has 1 aromatic carbocycles. The Labute approximate surface area is 149 Å². The highest BCUT2D eigenvalue weighted by molar-refractivity contribution is 5.82. The Hall–Kier alpha value is -2.20. The molecule has 3 atom stereocenters. The Morgan fingerprint density at radius 1 is 1.28 bits per heavy atom. The van der Waals surface area contributed by atoms with Crippen molar-refractivity contribution in [3.63, 3.8) is 0 Å². The molecule has 0 unspecified atom stereocenters. The van der Waals surface area contributed by atoms with Crippen LogP contribution in [0.5, 0.6) is 0 Å². The molecule has 1 amide bonds. The lowest BCUT2D eigenvalue weighted by Gasteiger charge is -2.20. The number of carbonyl (C=O) groups excluding carboxylic acids is 1. The number of carbonyl (C=O) groups is 1. The highest BCUT2D eigenvalue weighted by Crippen LogP contribution is 2.47. The van der Waals surface area contributed by atoms with E-state index >= 15 is 0 Å². The van der Waals surface area contributed by atoms with Crippen LogP contribution in [0, 0.1) is 5.92 Å². The Kier molecular flexibility index (Phi) is 4.91. The van der Waals surface area contributed by atoms with Gasteiger partial charge in [-0.05, 0) is 40.5 Å². The Balaban J connectivity index is 1.51. The van der Waals surface area contributed by atoms with Crippen molar-refractivity contribution in [1.29, 1.82) is 0 Å². The van der Waals surface area contributed by atoms with Gasteiger partial charge in [-0.2, -0.15) is 0 Å². The summed E-state index contributed by atoms with van der Waals surface area (Å²) in [5, 5.41) is 13.2. The predicted molar refractivity (Wildman–Crippen MR) is 98.2 cm³/mol. The summed E-state index contributed by atoms with van der Waals surface area (Å²) in [6.07, 6.45) is 3.73. The van der Waals surface area contributed by atoms with Crippen molar-refractivity contribution in [1.82, 2.24) is 10.3 Å². The summed E-state index contributed by atoms with van der Waals surface area (Å²) < 4.78 is 0. The van der Waals surface area contributed by atoms with Gasteiger partial charge in [0.15, 0.2) is 0 Å². The minimum atomic E-state index is -0.687. The molecule has 25 heavy (non-hydrogen) atoms. The predicted octanol–water partition coefficient (Wildman–Crippen LogP) is 3.33. The molecule has 1 aromatic heterocycles. The van der Waals surface area contributed by atoms with Gasteiger partial charge in [0.1, 0.15) is 0 Å². The quantitative estimate of drug-likeness (QED) is 0.879. The smallest absolute Gasteiger partial charge is 0.223 e.